The normalized spacial score (nSPS) is 20.0. The van der Waals surface area contributed by atoms with Crippen LogP contribution in [-0.4, -0.2) is 28.1 Å². The lowest BCUT2D eigenvalue weighted by molar-refractivity contribution is 0.180. The SMILES string of the molecule is c1c[nH]c(CN2CCCCC[N]2)n1. The molecule has 0 unspecified atom stereocenters. The molecular formula is C9H15N4. The molecule has 0 atom stereocenters. The molecule has 1 saturated heterocycles. The molecule has 1 aromatic rings. The summed E-state index contributed by atoms with van der Waals surface area (Å²) in [5.41, 5.74) is 4.47. The van der Waals surface area contributed by atoms with Gasteiger partial charge in [-0.1, -0.05) is 6.42 Å². The number of H-pyrrole nitrogens is 1. The lowest BCUT2D eigenvalue weighted by Crippen LogP contribution is -2.31. The number of hydrogen-bond acceptors (Lipinski definition) is 2. The van der Waals surface area contributed by atoms with Gasteiger partial charge >= 0.3 is 0 Å². The Balaban J connectivity index is 1.86. The van der Waals surface area contributed by atoms with Crippen molar-refractivity contribution in [3.05, 3.63) is 18.2 Å². The summed E-state index contributed by atoms with van der Waals surface area (Å²) in [4.78, 5) is 7.28. The van der Waals surface area contributed by atoms with E-state index in [4.69, 9.17) is 0 Å². The van der Waals surface area contributed by atoms with Crippen molar-refractivity contribution in [3.63, 3.8) is 0 Å². The zero-order valence-corrected chi connectivity index (χ0v) is 7.74. The zero-order valence-electron chi connectivity index (χ0n) is 7.74. The molecule has 4 nitrogen and oxygen atoms in total. The third-order valence-electron chi connectivity index (χ3n) is 2.26. The van der Waals surface area contributed by atoms with Crippen molar-refractivity contribution in [1.82, 2.24) is 20.4 Å². The number of nitrogens with one attached hydrogen (secondary N) is 1. The number of imidazole rings is 1. The molecule has 0 amide bonds. The number of aromatic nitrogens is 2. The Hall–Kier alpha value is -0.870. The van der Waals surface area contributed by atoms with Crippen molar-refractivity contribution in [2.24, 2.45) is 0 Å². The standard InChI is InChI=1S/C9H15N4/c1-2-4-12-13(7-3-1)8-9-10-5-6-11-9/h5-6H,1-4,7-8H2,(H,10,11). The largest absolute Gasteiger partial charge is 0.347 e. The Morgan fingerprint density at radius 1 is 1.38 bits per heavy atom. The fourth-order valence-electron chi connectivity index (χ4n) is 1.55. The zero-order chi connectivity index (χ0) is 8.93. The average molecular weight is 179 g/mol. The number of hydrogen-bond donors (Lipinski definition) is 1. The predicted octanol–water partition coefficient (Wildman–Crippen LogP) is 0.915. The quantitative estimate of drug-likeness (QED) is 0.733. The van der Waals surface area contributed by atoms with Crippen molar-refractivity contribution in [2.45, 2.75) is 25.8 Å². The van der Waals surface area contributed by atoms with Crippen molar-refractivity contribution in [1.29, 1.82) is 0 Å². The molecule has 13 heavy (non-hydrogen) atoms. The summed E-state index contributed by atoms with van der Waals surface area (Å²) >= 11 is 0. The van der Waals surface area contributed by atoms with Crippen LogP contribution in [0.25, 0.3) is 0 Å². The minimum Gasteiger partial charge on any atom is -0.347 e. The molecule has 1 radical (unpaired) electrons. The molecule has 0 saturated carbocycles. The maximum atomic E-state index is 4.47. The minimum absolute atomic E-state index is 0.826. The number of nitrogens with zero attached hydrogens (tertiary/aromatic N) is 3. The molecule has 4 heteroatoms. The van der Waals surface area contributed by atoms with E-state index in [1.54, 1.807) is 6.20 Å². The van der Waals surface area contributed by atoms with Crippen LogP contribution in [0.4, 0.5) is 0 Å². The fraction of sp³-hybridized carbons (Fsp3) is 0.667. The first-order chi connectivity index (χ1) is 6.45. The molecule has 0 spiro atoms. The van der Waals surface area contributed by atoms with Crippen molar-refractivity contribution in [3.8, 4) is 0 Å². The van der Waals surface area contributed by atoms with Gasteiger partial charge in [-0.15, -0.1) is 0 Å². The highest BCUT2D eigenvalue weighted by Crippen LogP contribution is 2.05. The van der Waals surface area contributed by atoms with Crippen LogP contribution in [-0.2, 0) is 6.54 Å². The van der Waals surface area contributed by atoms with E-state index in [-0.39, 0.29) is 0 Å². The third-order valence-corrected chi connectivity index (χ3v) is 2.26. The lowest BCUT2D eigenvalue weighted by atomic mass is 10.2. The molecule has 1 aromatic heterocycles. The third kappa shape index (κ3) is 2.54. The summed E-state index contributed by atoms with van der Waals surface area (Å²) in [6.45, 7) is 2.87. The predicted molar refractivity (Wildman–Crippen MR) is 49.8 cm³/mol. The van der Waals surface area contributed by atoms with E-state index in [1.807, 2.05) is 6.20 Å². The van der Waals surface area contributed by atoms with Gasteiger partial charge in [0.2, 0.25) is 0 Å². The van der Waals surface area contributed by atoms with Crippen LogP contribution in [0, 0.1) is 0 Å². The van der Waals surface area contributed by atoms with Gasteiger partial charge < -0.3 is 4.98 Å². The van der Waals surface area contributed by atoms with Crippen LogP contribution < -0.4 is 5.43 Å². The molecule has 2 rings (SSSR count). The van der Waals surface area contributed by atoms with E-state index in [0.29, 0.717) is 0 Å². The van der Waals surface area contributed by atoms with Gasteiger partial charge in [0, 0.05) is 25.5 Å². The number of aromatic amines is 1. The summed E-state index contributed by atoms with van der Waals surface area (Å²) in [6, 6.07) is 0. The second-order valence-electron chi connectivity index (χ2n) is 3.35. The highest BCUT2D eigenvalue weighted by atomic mass is 15.5. The molecule has 0 aliphatic carbocycles. The molecule has 2 heterocycles. The molecule has 0 aromatic carbocycles. The maximum Gasteiger partial charge on any atom is 0.121 e. The van der Waals surface area contributed by atoms with Crippen LogP contribution in [0.3, 0.4) is 0 Å². The second-order valence-corrected chi connectivity index (χ2v) is 3.35. The van der Waals surface area contributed by atoms with E-state index in [0.717, 1.165) is 25.5 Å². The van der Waals surface area contributed by atoms with Gasteiger partial charge in [-0.2, -0.15) is 5.43 Å². The topological polar surface area (TPSA) is 46.0 Å². The molecule has 1 N–H and O–H groups in total. The van der Waals surface area contributed by atoms with E-state index >= 15 is 0 Å². The van der Waals surface area contributed by atoms with E-state index < -0.39 is 0 Å². The minimum atomic E-state index is 0.826. The summed E-state index contributed by atoms with van der Waals surface area (Å²) in [5, 5.41) is 2.12. The maximum absolute atomic E-state index is 4.47. The van der Waals surface area contributed by atoms with Gasteiger partial charge in [0.25, 0.3) is 0 Å². The monoisotopic (exact) mass is 179 g/mol. The van der Waals surface area contributed by atoms with Gasteiger partial charge in [-0.05, 0) is 12.8 Å². The first kappa shape index (κ1) is 8.72. The van der Waals surface area contributed by atoms with Crippen LogP contribution in [0.15, 0.2) is 12.4 Å². The van der Waals surface area contributed by atoms with Crippen molar-refractivity contribution < 1.29 is 0 Å². The van der Waals surface area contributed by atoms with Crippen molar-refractivity contribution in [2.75, 3.05) is 13.1 Å². The van der Waals surface area contributed by atoms with E-state index in [9.17, 15) is 0 Å². The molecule has 1 aliphatic rings. The molecular weight excluding hydrogens is 164 g/mol. The molecule has 1 aliphatic heterocycles. The van der Waals surface area contributed by atoms with Crippen LogP contribution in [0.5, 0.6) is 0 Å². The lowest BCUT2D eigenvalue weighted by Gasteiger charge is -2.16. The summed E-state index contributed by atoms with van der Waals surface area (Å²) in [6.07, 6.45) is 7.43. The first-order valence-electron chi connectivity index (χ1n) is 4.86. The first-order valence-corrected chi connectivity index (χ1v) is 4.86. The Bertz CT molecular complexity index is 224. The van der Waals surface area contributed by atoms with Gasteiger partial charge in [0.15, 0.2) is 0 Å². The highest BCUT2D eigenvalue weighted by Gasteiger charge is 2.10. The van der Waals surface area contributed by atoms with Gasteiger partial charge in [0.05, 0.1) is 6.54 Å². The average Bonchev–Trinajstić information content (AvgIpc) is 2.49. The second kappa shape index (κ2) is 4.39. The molecule has 71 valence electrons. The highest BCUT2D eigenvalue weighted by molar-refractivity contribution is 4.86. The summed E-state index contributed by atoms with van der Waals surface area (Å²) in [7, 11) is 0. The van der Waals surface area contributed by atoms with Crippen LogP contribution >= 0.6 is 0 Å². The Morgan fingerprint density at radius 2 is 2.38 bits per heavy atom. The summed E-state index contributed by atoms with van der Waals surface area (Å²) in [5.74, 6) is 1.01. The van der Waals surface area contributed by atoms with Crippen LogP contribution in [0.1, 0.15) is 25.1 Å². The smallest absolute Gasteiger partial charge is 0.121 e. The van der Waals surface area contributed by atoms with E-state index in [2.05, 4.69) is 20.4 Å². The van der Waals surface area contributed by atoms with Gasteiger partial charge in [-0.25, -0.2) is 9.99 Å². The van der Waals surface area contributed by atoms with Crippen molar-refractivity contribution >= 4 is 0 Å². The van der Waals surface area contributed by atoms with Gasteiger partial charge in [-0.3, -0.25) is 0 Å². The molecule has 0 bridgehead atoms. The van der Waals surface area contributed by atoms with Crippen LogP contribution in [0.2, 0.25) is 0 Å². The Labute approximate surface area is 78.3 Å². The Kier molecular flexibility index (Phi) is 2.94. The summed E-state index contributed by atoms with van der Waals surface area (Å²) < 4.78 is 0. The molecule has 1 fully saturated rings. The van der Waals surface area contributed by atoms with Gasteiger partial charge in [0.1, 0.15) is 5.82 Å². The number of rotatable bonds is 2. The fourth-order valence-corrected chi connectivity index (χ4v) is 1.55. The Morgan fingerprint density at radius 3 is 3.23 bits per heavy atom. The van der Waals surface area contributed by atoms with E-state index in [1.165, 1.54) is 19.3 Å².